The minimum absolute atomic E-state index is 0.0588. The molecule has 1 fully saturated rings. The summed E-state index contributed by atoms with van der Waals surface area (Å²) in [5.74, 6) is 0.156. The van der Waals surface area contributed by atoms with Crippen LogP contribution in [0.4, 0.5) is 0 Å². The fraction of sp³-hybridized carbons (Fsp3) is 0.632. The summed E-state index contributed by atoms with van der Waals surface area (Å²) in [5, 5.41) is 2.95. The van der Waals surface area contributed by atoms with Crippen LogP contribution in [0.3, 0.4) is 0 Å². The molecule has 6 nitrogen and oxygen atoms in total. The molecule has 26 heavy (non-hydrogen) atoms. The van der Waals surface area contributed by atoms with Crippen LogP contribution in [0.25, 0.3) is 0 Å². The Bertz CT molecular complexity index is 725. The first-order chi connectivity index (χ1) is 12.2. The van der Waals surface area contributed by atoms with Crippen LogP contribution in [0, 0.1) is 0 Å². The summed E-state index contributed by atoms with van der Waals surface area (Å²) >= 11 is 0. The Hall–Kier alpha value is -1.60. The quantitative estimate of drug-likeness (QED) is 0.759. The lowest BCUT2D eigenvalue weighted by Gasteiger charge is -2.25. The number of hydrogen-bond acceptors (Lipinski definition) is 4. The van der Waals surface area contributed by atoms with Crippen molar-refractivity contribution in [2.45, 2.75) is 75.8 Å². The zero-order valence-electron chi connectivity index (χ0n) is 16.0. The smallest absolute Gasteiger partial charge is 0.244 e. The standard InChI is InChI=1S/C19H30N2O4S/c1-13(2)15-10-11-17(25-4)18(12-15)26(23,24)21-14(3)19(22)20-16-8-6-5-7-9-16/h10-14,16,21H,5-9H2,1-4H3,(H,20,22). The monoisotopic (exact) mass is 382 g/mol. The second-order valence-corrected chi connectivity index (χ2v) is 8.93. The lowest BCUT2D eigenvalue weighted by molar-refractivity contribution is -0.123. The van der Waals surface area contributed by atoms with Gasteiger partial charge < -0.3 is 10.1 Å². The number of ether oxygens (including phenoxy) is 1. The third-order valence-electron chi connectivity index (χ3n) is 4.82. The largest absolute Gasteiger partial charge is 0.495 e. The first-order valence-electron chi connectivity index (χ1n) is 9.25. The highest BCUT2D eigenvalue weighted by Crippen LogP contribution is 2.28. The normalized spacial score (nSPS) is 17.1. The molecule has 146 valence electrons. The summed E-state index contributed by atoms with van der Waals surface area (Å²) in [6.45, 7) is 5.55. The van der Waals surface area contributed by atoms with Crippen molar-refractivity contribution >= 4 is 15.9 Å². The Kier molecular flexibility index (Phi) is 7.06. The van der Waals surface area contributed by atoms with Crippen molar-refractivity contribution in [1.29, 1.82) is 0 Å². The Morgan fingerprint density at radius 2 is 1.81 bits per heavy atom. The molecule has 1 amide bonds. The number of sulfonamides is 1. The summed E-state index contributed by atoms with van der Waals surface area (Å²) in [7, 11) is -2.45. The molecule has 0 radical (unpaired) electrons. The van der Waals surface area contributed by atoms with Gasteiger partial charge in [-0.05, 0) is 43.4 Å². The third kappa shape index (κ3) is 5.20. The molecular weight excluding hydrogens is 352 g/mol. The highest BCUT2D eigenvalue weighted by atomic mass is 32.2. The third-order valence-corrected chi connectivity index (χ3v) is 6.38. The van der Waals surface area contributed by atoms with E-state index in [2.05, 4.69) is 10.0 Å². The van der Waals surface area contributed by atoms with Crippen molar-refractivity contribution in [3.05, 3.63) is 23.8 Å². The van der Waals surface area contributed by atoms with E-state index < -0.39 is 16.1 Å². The summed E-state index contributed by atoms with van der Waals surface area (Å²) in [5.41, 5.74) is 0.894. The first kappa shape index (κ1) is 20.7. The summed E-state index contributed by atoms with van der Waals surface area (Å²) in [4.78, 5) is 12.4. The predicted molar refractivity (Wildman–Crippen MR) is 102 cm³/mol. The van der Waals surface area contributed by atoms with Gasteiger partial charge in [-0.25, -0.2) is 8.42 Å². The van der Waals surface area contributed by atoms with Crippen LogP contribution in [0.2, 0.25) is 0 Å². The zero-order chi connectivity index (χ0) is 19.3. The van der Waals surface area contributed by atoms with Crippen LogP contribution in [0.5, 0.6) is 5.75 Å². The average molecular weight is 383 g/mol. The molecule has 1 atom stereocenters. The average Bonchev–Trinajstić information content (AvgIpc) is 2.61. The second-order valence-electron chi connectivity index (χ2n) is 7.25. The maximum atomic E-state index is 12.8. The van der Waals surface area contributed by atoms with Crippen molar-refractivity contribution in [3.63, 3.8) is 0 Å². The molecule has 1 unspecified atom stereocenters. The van der Waals surface area contributed by atoms with E-state index in [-0.39, 0.29) is 28.5 Å². The van der Waals surface area contributed by atoms with E-state index in [1.54, 1.807) is 19.1 Å². The number of benzene rings is 1. The van der Waals surface area contributed by atoms with E-state index in [4.69, 9.17) is 4.74 Å². The highest BCUT2D eigenvalue weighted by molar-refractivity contribution is 7.89. The van der Waals surface area contributed by atoms with Gasteiger partial charge in [0, 0.05) is 6.04 Å². The van der Waals surface area contributed by atoms with Gasteiger partial charge in [-0.2, -0.15) is 4.72 Å². The summed E-state index contributed by atoms with van der Waals surface area (Å²) < 4.78 is 33.3. The Balaban J connectivity index is 2.14. The molecule has 0 saturated heterocycles. The van der Waals surface area contributed by atoms with Gasteiger partial charge in [0.05, 0.1) is 13.2 Å². The van der Waals surface area contributed by atoms with E-state index in [9.17, 15) is 13.2 Å². The molecule has 0 bridgehead atoms. The van der Waals surface area contributed by atoms with Gasteiger partial charge in [0.25, 0.3) is 0 Å². The van der Waals surface area contributed by atoms with Gasteiger partial charge in [-0.1, -0.05) is 39.2 Å². The lowest BCUT2D eigenvalue weighted by Crippen LogP contribution is -2.48. The van der Waals surface area contributed by atoms with E-state index in [1.807, 2.05) is 19.9 Å². The summed E-state index contributed by atoms with van der Waals surface area (Å²) in [6, 6.07) is 4.40. The Morgan fingerprint density at radius 3 is 2.38 bits per heavy atom. The molecular formula is C19H30N2O4S. The van der Waals surface area contributed by atoms with Crippen molar-refractivity contribution < 1.29 is 17.9 Å². The van der Waals surface area contributed by atoms with E-state index in [0.717, 1.165) is 31.2 Å². The van der Waals surface area contributed by atoms with Gasteiger partial charge in [0.1, 0.15) is 10.6 Å². The fourth-order valence-electron chi connectivity index (χ4n) is 3.19. The van der Waals surface area contributed by atoms with Crippen LogP contribution in [0.1, 0.15) is 64.4 Å². The van der Waals surface area contributed by atoms with Crippen LogP contribution in [-0.2, 0) is 14.8 Å². The van der Waals surface area contributed by atoms with Crippen LogP contribution in [-0.4, -0.2) is 33.5 Å². The molecule has 1 aliphatic rings. The Labute approximate surface area is 156 Å². The van der Waals surface area contributed by atoms with Crippen molar-refractivity contribution in [2.24, 2.45) is 0 Å². The summed E-state index contributed by atoms with van der Waals surface area (Å²) in [6.07, 6.45) is 5.31. The number of nitrogens with one attached hydrogen (secondary N) is 2. The fourth-order valence-corrected chi connectivity index (χ4v) is 4.59. The lowest BCUT2D eigenvalue weighted by atomic mass is 9.95. The van der Waals surface area contributed by atoms with Gasteiger partial charge in [0.2, 0.25) is 15.9 Å². The van der Waals surface area contributed by atoms with Crippen molar-refractivity contribution in [2.75, 3.05) is 7.11 Å². The number of carbonyl (C=O) groups is 1. The Morgan fingerprint density at radius 1 is 1.15 bits per heavy atom. The minimum atomic E-state index is -3.88. The zero-order valence-corrected chi connectivity index (χ0v) is 16.9. The van der Waals surface area contributed by atoms with Gasteiger partial charge in [-0.3, -0.25) is 4.79 Å². The molecule has 2 N–H and O–H groups in total. The minimum Gasteiger partial charge on any atom is -0.495 e. The van der Waals surface area contributed by atoms with Gasteiger partial charge >= 0.3 is 0 Å². The molecule has 1 aromatic carbocycles. The molecule has 0 spiro atoms. The maximum Gasteiger partial charge on any atom is 0.244 e. The predicted octanol–water partition coefficient (Wildman–Crippen LogP) is 2.93. The van der Waals surface area contributed by atoms with E-state index in [0.29, 0.717) is 0 Å². The number of carbonyl (C=O) groups excluding carboxylic acids is 1. The van der Waals surface area contributed by atoms with E-state index >= 15 is 0 Å². The van der Waals surface area contributed by atoms with E-state index in [1.165, 1.54) is 13.5 Å². The topological polar surface area (TPSA) is 84.5 Å². The molecule has 1 aromatic rings. The molecule has 2 rings (SSSR count). The second kappa shape index (κ2) is 8.86. The molecule has 0 aromatic heterocycles. The van der Waals surface area contributed by atoms with Gasteiger partial charge in [0.15, 0.2) is 0 Å². The first-order valence-corrected chi connectivity index (χ1v) is 10.7. The highest BCUT2D eigenvalue weighted by Gasteiger charge is 2.27. The van der Waals surface area contributed by atoms with Crippen LogP contribution < -0.4 is 14.8 Å². The number of hydrogen-bond donors (Lipinski definition) is 2. The maximum absolute atomic E-state index is 12.8. The molecule has 1 aliphatic carbocycles. The van der Waals surface area contributed by atoms with Crippen molar-refractivity contribution in [1.82, 2.24) is 10.0 Å². The van der Waals surface area contributed by atoms with Crippen molar-refractivity contribution in [3.8, 4) is 5.75 Å². The SMILES string of the molecule is COc1ccc(C(C)C)cc1S(=O)(=O)NC(C)C(=O)NC1CCCCC1. The number of methoxy groups -OCH3 is 1. The molecule has 7 heteroatoms. The number of amides is 1. The number of rotatable bonds is 7. The molecule has 1 saturated carbocycles. The molecule has 0 aliphatic heterocycles. The van der Waals surface area contributed by atoms with Gasteiger partial charge in [-0.15, -0.1) is 0 Å². The van der Waals surface area contributed by atoms with Crippen LogP contribution >= 0.6 is 0 Å². The molecule has 0 heterocycles. The van der Waals surface area contributed by atoms with Crippen LogP contribution in [0.15, 0.2) is 23.1 Å².